The van der Waals surface area contributed by atoms with Crippen LogP contribution < -0.4 is 58.0 Å². The predicted octanol–water partition coefficient (Wildman–Crippen LogP) is 14.0. The molecule has 29 nitrogen and oxygen atoms in total. The van der Waals surface area contributed by atoms with Gasteiger partial charge in [-0.2, -0.15) is 15.0 Å². The van der Waals surface area contributed by atoms with Crippen molar-refractivity contribution >= 4 is 109 Å². The van der Waals surface area contributed by atoms with Crippen molar-refractivity contribution in [2.24, 2.45) is 0 Å². The number of aromatic nitrogens is 12. The number of unbranched alkanes of at least 4 members (excludes halogenated alkanes) is 1. The summed E-state index contributed by atoms with van der Waals surface area (Å²) < 4.78 is 16.7. The van der Waals surface area contributed by atoms with Crippen LogP contribution in [0, 0.1) is 20.8 Å². The highest BCUT2D eigenvalue weighted by Gasteiger charge is 2.32. The van der Waals surface area contributed by atoms with Crippen molar-refractivity contribution in [1.82, 2.24) is 74.1 Å². The van der Waals surface area contributed by atoms with Crippen LogP contribution in [0.25, 0.3) is 38.9 Å². The molecule has 0 spiro atoms. The number of nitrogens with one attached hydrogen (secondary N) is 5. The predicted molar refractivity (Wildman–Crippen MR) is 451 cm³/mol. The summed E-state index contributed by atoms with van der Waals surface area (Å²) in [6.07, 6.45) is 24.3. The number of aryl methyl sites for hydroxylation is 3. The lowest BCUT2D eigenvalue weighted by atomic mass is 10.0. The minimum atomic E-state index is -0.510. The normalized spacial score (nSPS) is 16.1. The number of piperazine rings is 3. The van der Waals surface area contributed by atoms with Crippen molar-refractivity contribution in [3.8, 4) is 0 Å². The Morgan fingerprint density at radius 1 is 0.478 bits per heavy atom. The van der Waals surface area contributed by atoms with E-state index in [1.807, 2.05) is 87.3 Å². The maximum atomic E-state index is 13.9. The number of carbonyl (C=O) groups is 3. The van der Waals surface area contributed by atoms with Gasteiger partial charge < -0.3 is 55.7 Å². The van der Waals surface area contributed by atoms with Crippen LogP contribution in [0.4, 0.5) is 57.2 Å². The first kappa shape index (κ1) is 84.6. The van der Waals surface area contributed by atoms with E-state index in [4.69, 9.17) is 24.4 Å². The number of carbonyl (C=O) groups excluding carboxylic acids is 3. The van der Waals surface area contributed by atoms with Gasteiger partial charge in [-0.3, -0.25) is 37.7 Å². The van der Waals surface area contributed by atoms with Crippen LogP contribution in [0.15, 0.2) is 94.5 Å². The highest BCUT2D eigenvalue weighted by molar-refractivity contribution is 6.00. The van der Waals surface area contributed by atoms with E-state index in [1.165, 1.54) is 13.8 Å². The van der Waals surface area contributed by atoms with Crippen LogP contribution in [0.5, 0.6) is 0 Å². The maximum absolute atomic E-state index is 13.9. The van der Waals surface area contributed by atoms with Crippen LogP contribution in [-0.2, 0) is 9.47 Å². The van der Waals surface area contributed by atoms with Crippen LogP contribution >= 0.6 is 0 Å². The zero-order valence-corrected chi connectivity index (χ0v) is 64.9. The highest BCUT2D eigenvalue weighted by Crippen LogP contribution is 2.37. The van der Waals surface area contributed by atoms with Crippen molar-refractivity contribution in [2.45, 2.75) is 198 Å². The molecule has 0 unspecified atom stereocenters. The Morgan fingerprint density at radius 2 is 0.805 bits per heavy atom. The number of Topliss-reactive ketones (excluding diaryl/α,β-unsaturated/α-hetero) is 2. The average molecular weight is 1550 g/mol. The van der Waals surface area contributed by atoms with E-state index in [0.29, 0.717) is 107 Å². The van der Waals surface area contributed by atoms with Gasteiger partial charge in [-0.05, 0) is 153 Å². The zero-order chi connectivity index (χ0) is 77.3. The molecule has 29 heteroatoms. The molecule has 3 aliphatic heterocycles. The lowest BCUT2D eigenvalue weighted by Crippen LogP contribution is -2.50. The van der Waals surface area contributed by atoms with E-state index < -0.39 is 5.60 Å². The van der Waals surface area contributed by atoms with Gasteiger partial charge in [0.25, 0.3) is 16.7 Å². The number of nitrogens with zero attached hydrogens (tertiary/aromatic N) is 16. The van der Waals surface area contributed by atoms with Crippen molar-refractivity contribution in [3.63, 3.8) is 0 Å². The van der Waals surface area contributed by atoms with Crippen molar-refractivity contribution in [2.75, 3.05) is 116 Å². The smallest absolute Gasteiger partial charge is 0.410 e. The van der Waals surface area contributed by atoms with Crippen molar-refractivity contribution in [3.05, 3.63) is 145 Å². The number of ketones is 2. The Morgan fingerprint density at radius 3 is 1.12 bits per heavy atom. The van der Waals surface area contributed by atoms with E-state index >= 15 is 0 Å². The van der Waals surface area contributed by atoms with Gasteiger partial charge in [0.2, 0.25) is 17.8 Å². The standard InChI is InChI=1S/C33H45N7O4.2C24H29N7O2.3CH4/c1-7-8-19-43-23(3)28-22(2)26-21-35-31(37-29(26)40(30(28)41)24-11-9-10-12-24)36-27-14-13-25(20-34-27)38-15-17-39(18-16-38)32(42)44-33(4,5)6;2*1-15-19-14-27-24(28-20-8-7-18(13-26-20)30-11-9-25-10-12-30)29-22(19)31(17-5-3-4-6-17)23(33)21(15)16(2)32;;;/h13-14,20-21,24H,3,7-12,15-19H2,1-2,4-6H3,(H,34,35,36,37);2*7-8,13-14,17,25H,3-6,9-12H2,1-2H3,(H,26,27,28,29);3*1H4. The second-order valence-corrected chi connectivity index (χ2v) is 30.4. The molecule has 3 saturated carbocycles. The Labute approximate surface area is 662 Å². The molecular formula is C84H115N21O8. The van der Waals surface area contributed by atoms with Gasteiger partial charge in [0.1, 0.15) is 45.8 Å². The summed E-state index contributed by atoms with van der Waals surface area (Å²) in [6, 6.07) is 12.0. The van der Waals surface area contributed by atoms with Crippen LogP contribution in [-0.4, -0.2) is 172 Å². The molecule has 9 aromatic heterocycles. The first-order valence-corrected chi connectivity index (χ1v) is 39.0. The fourth-order valence-electron chi connectivity index (χ4n) is 15.9. The molecule has 0 atom stereocenters. The quantitative estimate of drug-likeness (QED) is 0.0285. The summed E-state index contributed by atoms with van der Waals surface area (Å²) in [5, 5.41) is 18.6. The van der Waals surface area contributed by atoms with Gasteiger partial charge in [0, 0.05) is 131 Å². The molecule has 0 bridgehead atoms. The summed E-state index contributed by atoms with van der Waals surface area (Å²) in [6.45, 7) is 31.0. The molecule has 3 saturated heterocycles. The van der Waals surface area contributed by atoms with Gasteiger partial charge in [0.05, 0.1) is 58.9 Å². The first-order valence-electron chi connectivity index (χ1n) is 39.0. The number of amides is 1. The second kappa shape index (κ2) is 37.7. The molecule has 3 aliphatic carbocycles. The third-order valence-corrected chi connectivity index (χ3v) is 21.7. The van der Waals surface area contributed by atoms with E-state index in [-0.39, 0.29) is 85.9 Å². The zero-order valence-electron chi connectivity index (χ0n) is 64.9. The Hall–Kier alpha value is -10.8. The maximum Gasteiger partial charge on any atom is 0.410 e. The molecule has 9 aromatic rings. The number of hydrogen-bond donors (Lipinski definition) is 5. The van der Waals surface area contributed by atoms with Gasteiger partial charge in [0.15, 0.2) is 11.6 Å². The molecule has 1 amide bonds. The van der Waals surface area contributed by atoms with Crippen molar-refractivity contribution < 1.29 is 23.9 Å². The largest absolute Gasteiger partial charge is 0.493 e. The molecule has 0 aromatic carbocycles. The fraction of sp³-hybridized carbons (Fsp3) is 0.512. The molecule has 0 radical (unpaired) electrons. The third-order valence-electron chi connectivity index (χ3n) is 21.7. The Balaban J connectivity index is 0.000000180. The molecule has 12 heterocycles. The number of fused-ring (bicyclic) bond motifs is 3. The highest BCUT2D eigenvalue weighted by atomic mass is 16.6. The SMILES string of the molecule is C.C.C.C=C(OCCCC)c1c(C)c2cnc(Nc3ccc(N4CCN(C(=O)OC(C)(C)C)CC4)cn3)nc2n(C2CCCC2)c1=O.CC(=O)c1c(C)c2cnc(Nc3ccc(N4CCNCC4)cn3)nc2n(C2CCCC2)c1=O.CC(=O)c1c(C)c2cnc(Nc3ccc(N4CCNCC4)cn3)nc2n(C2CCCC2)c1=O. The summed E-state index contributed by atoms with van der Waals surface area (Å²) in [5.41, 5.74) is 6.84. The average Bonchev–Trinajstić information content (AvgIpc) is 1.57. The Kier molecular flexibility index (Phi) is 28.2. The van der Waals surface area contributed by atoms with E-state index in [1.54, 1.807) is 46.5 Å². The molecule has 6 fully saturated rings. The number of ether oxygens (including phenoxy) is 2. The van der Waals surface area contributed by atoms with E-state index in [2.05, 4.69) is 84.7 Å². The van der Waals surface area contributed by atoms with Crippen LogP contribution in [0.1, 0.15) is 215 Å². The van der Waals surface area contributed by atoms with Gasteiger partial charge >= 0.3 is 6.09 Å². The number of anilines is 9. The summed E-state index contributed by atoms with van der Waals surface area (Å²) in [7, 11) is 0. The van der Waals surface area contributed by atoms with Crippen LogP contribution in [0.3, 0.4) is 0 Å². The lowest BCUT2D eigenvalue weighted by Gasteiger charge is -2.36. The van der Waals surface area contributed by atoms with Crippen molar-refractivity contribution in [1.29, 1.82) is 0 Å². The molecule has 5 N–H and O–H groups in total. The molecule has 15 rings (SSSR count). The summed E-state index contributed by atoms with van der Waals surface area (Å²) in [5.74, 6) is 2.98. The molecule has 6 aliphatic rings. The number of hydrogen-bond acceptors (Lipinski definition) is 25. The second-order valence-electron chi connectivity index (χ2n) is 30.4. The number of pyridine rings is 6. The van der Waals surface area contributed by atoms with Gasteiger partial charge in [-0.15, -0.1) is 0 Å². The summed E-state index contributed by atoms with van der Waals surface area (Å²) in [4.78, 5) is 128. The van der Waals surface area contributed by atoms with Gasteiger partial charge in [-0.1, -0.05) is 80.7 Å². The monoisotopic (exact) mass is 1550 g/mol. The van der Waals surface area contributed by atoms with E-state index in [0.717, 1.165) is 181 Å². The van der Waals surface area contributed by atoms with Crippen LogP contribution in [0.2, 0.25) is 0 Å². The number of rotatable bonds is 19. The topological polar surface area (TPSA) is 325 Å². The minimum absolute atomic E-state index is 0. The third kappa shape index (κ3) is 19.3. The molecule has 604 valence electrons. The minimum Gasteiger partial charge on any atom is -0.493 e. The molecular weight excluding hydrogens is 1430 g/mol. The Bertz CT molecular complexity index is 4830. The molecule has 113 heavy (non-hydrogen) atoms. The van der Waals surface area contributed by atoms with E-state index in [9.17, 15) is 28.8 Å². The first-order chi connectivity index (χ1) is 53.1. The van der Waals surface area contributed by atoms with Gasteiger partial charge in [-0.25, -0.2) is 34.7 Å². The fourth-order valence-corrected chi connectivity index (χ4v) is 15.9. The lowest BCUT2D eigenvalue weighted by molar-refractivity contribution is 0.0240. The summed E-state index contributed by atoms with van der Waals surface area (Å²) >= 11 is 0.